The second kappa shape index (κ2) is 9.01. The van der Waals surface area contributed by atoms with Crippen molar-refractivity contribution >= 4 is 34.2 Å². The van der Waals surface area contributed by atoms with Crippen LogP contribution in [0.25, 0.3) is 0 Å². The van der Waals surface area contributed by atoms with Gasteiger partial charge in [0.05, 0.1) is 17.7 Å². The molecule has 1 N–H and O–H groups in total. The number of thiophene rings is 1. The van der Waals surface area contributed by atoms with Gasteiger partial charge < -0.3 is 14.8 Å². The maximum absolute atomic E-state index is 12.5. The van der Waals surface area contributed by atoms with Crippen LogP contribution in [0, 0.1) is 5.92 Å². The molecule has 0 radical (unpaired) electrons. The summed E-state index contributed by atoms with van der Waals surface area (Å²) >= 11 is 1.41. The van der Waals surface area contributed by atoms with Crippen LogP contribution in [-0.4, -0.2) is 31.1 Å². The van der Waals surface area contributed by atoms with Crippen molar-refractivity contribution in [2.45, 2.75) is 33.1 Å². The van der Waals surface area contributed by atoms with E-state index in [1.807, 2.05) is 0 Å². The first-order chi connectivity index (χ1) is 13.5. The molecule has 6 nitrogen and oxygen atoms in total. The van der Waals surface area contributed by atoms with Crippen LogP contribution in [-0.2, 0) is 27.1 Å². The molecule has 3 rings (SSSR count). The van der Waals surface area contributed by atoms with Crippen LogP contribution in [0.2, 0.25) is 0 Å². The highest BCUT2D eigenvalue weighted by Gasteiger charge is 2.29. The summed E-state index contributed by atoms with van der Waals surface area (Å²) in [5, 5.41) is 3.20. The minimum absolute atomic E-state index is 0.266. The maximum Gasteiger partial charge on any atom is 0.341 e. The molecule has 0 fully saturated rings. The van der Waals surface area contributed by atoms with E-state index in [2.05, 4.69) is 12.2 Å². The molecule has 1 aromatic carbocycles. The third kappa shape index (κ3) is 4.59. The molecule has 0 spiro atoms. The minimum atomic E-state index is -0.569. The predicted molar refractivity (Wildman–Crippen MR) is 107 cm³/mol. The minimum Gasteiger partial charge on any atom is -0.462 e. The van der Waals surface area contributed by atoms with Crippen molar-refractivity contribution in [1.29, 1.82) is 0 Å². The van der Waals surface area contributed by atoms with Crippen molar-refractivity contribution in [2.75, 3.05) is 18.5 Å². The molecule has 1 aromatic heterocycles. The molecule has 7 heteroatoms. The summed E-state index contributed by atoms with van der Waals surface area (Å²) in [6.45, 7) is 3.77. The number of benzene rings is 1. The average molecular weight is 401 g/mol. The van der Waals surface area contributed by atoms with E-state index in [1.54, 1.807) is 37.3 Å². The van der Waals surface area contributed by atoms with E-state index >= 15 is 0 Å². The Labute approximate surface area is 167 Å². The van der Waals surface area contributed by atoms with E-state index in [-0.39, 0.29) is 6.61 Å². The fourth-order valence-corrected chi connectivity index (χ4v) is 4.62. The van der Waals surface area contributed by atoms with Crippen molar-refractivity contribution in [1.82, 2.24) is 0 Å². The molecule has 1 heterocycles. The first-order valence-corrected chi connectivity index (χ1v) is 10.1. The predicted octanol–water partition coefficient (Wildman–Crippen LogP) is 3.85. The fourth-order valence-electron chi connectivity index (χ4n) is 3.21. The lowest BCUT2D eigenvalue weighted by Gasteiger charge is -2.18. The van der Waals surface area contributed by atoms with E-state index in [0.29, 0.717) is 22.0 Å². The van der Waals surface area contributed by atoms with Crippen LogP contribution in [0.15, 0.2) is 30.3 Å². The third-order valence-corrected chi connectivity index (χ3v) is 5.76. The van der Waals surface area contributed by atoms with Crippen LogP contribution in [0.1, 0.15) is 51.4 Å². The zero-order chi connectivity index (χ0) is 20.1. The zero-order valence-corrected chi connectivity index (χ0v) is 16.8. The second-order valence-electron chi connectivity index (χ2n) is 6.77. The van der Waals surface area contributed by atoms with Gasteiger partial charge in [0.15, 0.2) is 6.61 Å². The molecule has 0 bridgehead atoms. The molecule has 0 saturated heterocycles. The maximum atomic E-state index is 12.5. The van der Waals surface area contributed by atoms with Crippen molar-refractivity contribution in [2.24, 2.45) is 5.92 Å². The quantitative estimate of drug-likeness (QED) is 0.744. The lowest BCUT2D eigenvalue weighted by molar-refractivity contribution is -0.119. The molecule has 2 aromatic rings. The Morgan fingerprint density at radius 1 is 1.14 bits per heavy atom. The van der Waals surface area contributed by atoms with Crippen molar-refractivity contribution < 1.29 is 23.9 Å². The SMILES string of the molecule is CCOC(=O)c1c(NC(=O)COC(=O)c2ccccc2)sc2c1CC[C@@H](C)C2. The molecule has 0 aliphatic heterocycles. The molecule has 1 aliphatic rings. The zero-order valence-electron chi connectivity index (χ0n) is 15.9. The largest absolute Gasteiger partial charge is 0.462 e. The molecule has 28 heavy (non-hydrogen) atoms. The number of carbonyl (C=O) groups is 3. The van der Waals surface area contributed by atoms with Gasteiger partial charge in [0.1, 0.15) is 5.00 Å². The summed E-state index contributed by atoms with van der Waals surface area (Å²) in [7, 11) is 0. The highest BCUT2D eigenvalue weighted by molar-refractivity contribution is 7.17. The molecule has 1 aliphatic carbocycles. The smallest absolute Gasteiger partial charge is 0.341 e. The highest BCUT2D eigenvalue weighted by Crippen LogP contribution is 2.40. The number of ether oxygens (including phenoxy) is 2. The van der Waals surface area contributed by atoms with E-state index in [0.717, 1.165) is 29.7 Å². The number of nitrogens with one attached hydrogen (secondary N) is 1. The van der Waals surface area contributed by atoms with Gasteiger partial charge in [0.2, 0.25) is 0 Å². The Bertz CT molecular complexity index is 874. The Balaban J connectivity index is 1.71. The summed E-state index contributed by atoms with van der Waals surface area (Å²) in [5.74, 6) is -0.940. The summed E-state index contributed by atoms with van der Waals surface area (Å²) < 4.78 is 10.3. The van der Waals surface area contributed by atoms with E-state index in [1.165, 1.54) is 11.3 Å². The second-order valence-corrected chi connectivity index (χ2v) is 7.87. The van der Waals surface area contributed by atoms with Gasteiger partial charge in [-0.15, -0.1) is 11.3 Å². The molecule has 1 atom stereocenters. The van der Waals surface area contributed by atoms with Crippen molar-refractivity contribution in [3.63, 3.8) is 0 Å². The molecule has 0 saturated carbocycles. The van der Waals surface area contributed by atoms with E-state index in [9.17, 15) is 14.4 Å². The number of esters is 2. The van der Waals surface area contributed by atoms with Gasteiger partial charge in [-0.1, -0.05) is 25.1 Å². The number of amides is 1. The van der Waals surface area contributed by atoms with Crippen LogP contribution < -0.4 is 5.32 Å². The van der Waals surface area contributed by atoms with Gasteiger partial charge in [-0.2, -0.15) is 0 Å². The van der Waals surface area contributed by atoms with Crippen molar-refractivity contribution in [3.8, 4) is 0 Å². The molecular weight excluding hydrogens is 378 g/mol. The standard InChI is InChI=1S/C21H23NO5S/c1-3-26-21(25)18-15-10-9-13(2)11-16(15)28-19(18)22-17(23)12-27-20(24)14-7-5-4-6-8-14/h4-8,13H,3,9-12H2,1-2H3,(H,22,23)/t13-/m1/s1. The van der Waals surface area contributed by atoms with Crippen LogP contribution in [0.5, 0.6) is 0 Å². The average Bonchev–Trinajstić information content (AvgIpc) is 3.03. The monoisotopic (exact) mass is 401 g/mol. The first kappa shape index (κ1) is 20.1. The topological polar surface area (TPSA) is 81.7 Å². The van der Waals surface area contributed by atoms with Crippen LogP contribution >= 0.6 is 11.3 Å². The fraction of sp³-hybridized carbons (Fsp3) is 0.381. The van der Waals surface area contributed by atoms with Gasteiger partial charge in [0, 0.05) is 4.88 Å². The normalized spacial score (nSPS) is 15.4. The summed E-state index contributed by atoms with van der Waals surface area (Å²) in [6, 6.07) is 8.47. The Kier molecular flexibility index (Phi) is 6.46. The summed E-state index contributed by atoms with van der Waals surface area (Å²) in [5.41, 5.74) is 1.79. The van der Waals surface area contributed by atoms with E-state index < -0.39 is 24.5 Å². The lowest BCUT2D eigenvalue weighted by atomic mass is 9.88. The summed E-state index contributed by atoms with van der Waals surface area (Å²) in [6.07, 6.45) is 2.67. The van der Waals surface area contributed by atoms with Gasteiger partial charge >= 0.3 is 11.9 Å². The van der Waals surface area contributed by atoms with Gasteiger partial charge in [0.25, 0.3) is 5.91 Å². The number of anilines is 1. The van der Waals surface area contributed by atoms with Gasteiger partial charge in [-0.05, 0) is 49.8 Å². The van der Waals surface area contributed by atoms with Crippen molar-refractivity contribution in [3.05, 3.63) is 51.9 Å². The Morgan fingerprint density at radius 3 is 2.61 bits per heavy atom. The number of hydrogen-bond acceptors (Lipinski definition) is 6. The number of hydrogen-bond donors (Lipinski definition) is 1. The molecule has 0 unspecified atom stereocenters. The summed E-state index contributed by atoms with van der Waals surface area (Å²) in [4.78, 5) is 37.9. The number of fused-ring (bicyclic) bond motifs is 1. The van der Waals surface area contributed by atoms with Crippen LogP contribution in [0.4, 0.5) is 5.00 Å². The lowest BCUT2D eigenvalue weighted by Crippen LogP contribution is -2.22. The molecule has 148 valence electrons. The van der Waals surface area contributed by atoms with E-state index in [4.69, 9.17) is 9.47 Å². The Morgan fingerprint density at radius 2 is 1.89 bits per heavy atom. The molecular formula is C21H23NO5S. The highest BCUT2D eigenvalue weighted by atomic mass is 32.1. The molecule has 1 amide bonds. The Hall–Kier alpha value is -2.67. The number of rotatable bonds is 6. The van der Waals surface area contributed by atoms with Crippen LogP contribution in [0.3, 0.4) is 0 Å². The van der Waals surface area contributed by atoms with Gasteiger partial charge in [-0.25, -0.2) is 9.59 Å². The van der Waals surface area contributed by atoms with Gasteiger partial charge in [-0.3, -0.25) is 4.79 Å². The third-order valence-electron chi connectivity index (χ3n) is 4.59. The number of carbonyl (C=O) groups excluding carboxylic acids is 3. The first-order valence-electron chi connectivity index (χ1n) is 9.33.